The monoisotopic (exact) mass is 304 g/mol. The summed E-state index contributed by atoms with van der Waals surface area (Å²) < 4.78 is 11.9. The molecule has 1 spiro atoms. The zero-order valence-electron chi connectivity index (χ0n) is 13.1. The van der Waals surface area contributed by atoms with Crippen molar-refractivity contribution in [3.8, 4) is 0 Å². The molecule has 1 saturated heterocycles. The Bertz CT molecular complexity index is 526. The van der Waals surface area contributed by atoms with Gasteiger partial charge in [0.15, 0.2) is 5.79 Å². The van der Waals surface area contributed by atoms with Crippen molar-refractivity contribution in [2.75, 3.05) is 18.5 Å². The third kappa shape index (κ3) is 3.78. The molecule has 5 nitrogen and oxygen atoms in total. The SMILES string of the molecule is Cc1cccc(NC(=O)NCC2COC3(CCCCC3)O2)c1. The molecular weight excluding hydrogens is 280 g/mol. The lowest BCUT2D eigenvalue weighted by Crippen LogP contribution is -2.38. The first-order valence-corrected chi connectivity index (χ1v) is 8.09. The number of anilines is 1. The fourth-order valence-electron chi connectivity index (χ4n) is 3.17. The quantitative estimate of drug-likeness (QED) is 0.901. The summed E-state index contributed by atoms with van der Waals surface area (Å²) in [5.74, 6) is -0.377. The van der Waals surface area contributed by atoms with Crippen LogP contribution in [0.4, 0.5) is 10.5 Å². The van der Waals surface area contributed by atoms with Gasteiger partial charge in [-0.15, -0.1) is 0 Å². The maximum Gasteiger partial charge on any atom is 0.319 e. The third-order valence-corrected chi connectivity index (χ3v) is 4.30. The van der Waals surface area contributed by atoms with Crippen molar-refractivity contribution in [3.05, 3.63) is 29.8 Å². The normalized spacial score (nSPS) is 23.4. The van der Waals surface area contributed by atoms with Crippen molar-refractivity contribution in [3.63, 3.8) is 0 Å². The first-order valence-electron chi connectivity index (χ1n) is 8.09. The average Bonchev–Trinajstić information content (AvgIpc) is 2.89. The number of aryl methyl sites for hydroxylation is 1. The second kappa shape index (κ2) is 6.67. The Morgan fingerprint density at radius 3 is 2.91 bits per heavy atom. The molecule has 22 heavy (non-hydrogen) atoms. The second-order valence-corrected chi connectivity index (χ2v) is 6.23. The highest BCUT2D eigenvalue weighted by Crippen LogP contribution is 2.37. The Hall–Kier alpha value is -1.59. The van der Waals surface area contributed by atoms with Gasteiger partial charge < -0.3 is 20.1 Å². The number of benzene rings is 1. The molecule has 2 fully saturated rings. The lowest BCUT2D eigenvalue weighted by molar-refractivity contribution is -0.186. The van der Waals surface area contributed by atoms with Gasteiger partial charge in [-0.05, 0) is 37.5 Å². The van der Waals surface area contributed by atoms with Crippen LogP contribution in [0, 0.1) is 6.92 Å². The molecule has 1 saturated carbocycles. The van der Waals surface area contributed by atoms with E-state index in [1.807, 2.05) is 31.2 Å². The number of carbonyl (C=O) groups is 1. The predicted molar refractivity (Wildman–Crippen MR) is 84.8 cm³/mol. The highest BCUT2D eigenvalue weighted by molar-refractivity contribution is 5.89. The Morgan fingerprint density at radius 2 is 2.14 bits per heavy atom. The minimum absolute atomic E-state index is 0.0543. The molecule has 2 N–H and O–H groups in total. The number of hydrogen-bond donors (Lipinski definition) is 2. The van der Waals surface area contributed by atoms with Gasteiger partial charge in [0, 0.05) is 25.1 Å². The van der Waals surface area contributed by atoms with E-state index in [9.17, 15) is 4.79 Å². The minimum Gasteiger partial charge on any atom is -0.347 e. The summed E-state index contributed by atoms with van der Waals surface area (Å²) in [7, 11) is 0. The van der Waals surface area contributed by atoms with Crippen LogP contribution >= 0.6 is 0 Å². The number of nitrogens with one attached hydrogen (secondary N) is 2. The number of ether oxygens (including phenoxy) is 2. The van der Waals surface area contributed by atoms with Gasteiger partial charge in [0.2, 0.25) is 0 Å². The third-order valence-electron chi connectivity index (χ3n) is 4.30. The topological polar surface area (TPSA) is 59.6 Å². The highest BCUT2D eigenvalue weighted by atomic mass is 16.7. The lowest BCUT2D eigenvalue weighted by atomic mass is 9.94. The molecule has 0 aromatic heterocycles. The van der Waals surface area contributed by atoms with Crippen LogP contribution in [0.5, 0.6) is 0 Å². The van der Waals surface area contributed by atoms with Crippen LogP contribution in [0.3, 0.4) is 0 Å². The van der Waals surface area contributed by atoms with Gasteiger partial charge in [0.05, 0.1) is 6.61 Å². The molecule has 1 atom stereocenters. The summed E-state index contributed by atoms with van der Waals surface area (Å²) >= 11 is 0. The van der Waals surface area contributed by atoms with Gasteiger partial charge in [-0.3, -0.25) is 0 Å². The molecule has 1 aliphatic heterocycles. The van der Waals surface area contributed by atoms with Crippen LogP contribution in [0.15, 0.2) is 24.3 Å². The molecule has 2 aliphatic rings. The highest BCUT2D eigenvalue weighted by Gasteiger charge is 2.42. The van der Waals surface area contributed by atoms with Gasteiger partial charge in [-0.25, -0.2) is 4.79 Å². The Morgan fingerprint density at radius 1 is 1.32 bits per heavy atom. The van der Waals surface area contributed by atoms with Gasteiger partial charge in [0.1, 0.15) is 6.10 Å². The van der Waals surface area contributed by atoms with Gasteiger partial charge in [0.25, 0.3) is 0 Å². The number of urea groups is 1. The van der Waals surface area contributed by atoms with Crippen molar-refractivity contribution in [1.82, 2.24) is 5.32 Å². The lowest BCUT2D eigenvalue weighted by Gasteiger charge is -2.31. The van der Waals surface area contributed by atoms with Crippen LogP contribution in [0.2, 0.25) is 0 Å². The maximum atomic E-state index is 11.9. The zero-order chi connectivity index (χ0) is 15.4. The number of hydrogen-bond acceptors (Lipinski definition) is 3. The predicted octanol–water partition coefficient (Wildman–Crippen LogP) is 3.19. The molecule has 1 aliphatic carbocycles. The standard InChI is InChI=1S/C17H24N2O3/c1-13-6-5-7-14(10-13)19-16(20)18-11-15-12-21-17(22-15)8-3-2-4-9-17/h5-7,10,15H,2-4,8-9,11-12H2,1H3,(H2,18,19,20). The van der Waals surface area contributed by atoms with E-state index in [-0.39, 0.29) is 17.9 Å². The molecule has 1 heterocycles. The minimum atomic E-state index is -0.377. The van der Waals surface area contributed by atoms with E-state index in [1.54, 1.807) is 0 Å². The Labute approximate surface area is 131 Å². The molecule has 120 valence electrons. The molecule has 0 bridgehead atoms. The second-order valence-electron chi connectivity index (χ2n) is 6.23. The van der Waals surface area contributed by atoms with E-state index < -0.39 is 0 Å². The fraction of sp³-hybridized carbons (Fsp3) is 0.588. The number of amides is 2. The summed E-state index contributed by atoms with van der Waals surface area (Å²) in [6.45, 7) is 3.03. The zero-order valence-corrected chi connectivity index (χ0v) is 13.1. The summed E-state index contributed by atoms with van der Waals surface area (Å²) in [5.41, 5.74) is 1.91. The first kappa shape index (κ1) is 15.3. The molecule has 0 radical (unpaired) electrons. The van der Waals surface area contributed by atoms with Crippen molar-refractivity contribution in [2.45, 2.75) is 50.9 Å². The molecule has 1 aromatic rings. The van der Waals surface area contributed by atoms with Gasteiger partial charge in [-0.1, -0.05) is 18.6 Å². The number of carbonyl (C=O) groups excluding carboxylic acids is 1. The Balaban J connectivity index is 1.44. The molecule has 5 heteroatoms. The van der Waals surface area contributed by atoms with Crippen molar-refractivity contribution >= 4 is 11.7 Å². The number of rotatable bonds is 3. The molecule has 1 unspecified atom stereocenters. The maximum absolute atomic E-state index is 11.9. The van der Waals surface area contributed by atoms with Crippen LogP contribution < -0.4 is 10.6 Å². The average molecular weight is 304 g/mol. The smallest absolute Gasteiger partial charge is 0.319 e. The fourth-order valence-corrected chi connectivity index (χ4v) is 3.17. The van der Waals surface area contributed by atoms with E-state index >= 15 is 0 Å². The summed E-state index contributed by atoms with van der Waals surface area (Å²) in [5, 5.41) is 5.69. The van der Waals surface area contributed by atoms with Crippen LogP contribution in [0.25, 0.3) is 0 Å². The molecule has 1 aromatic carbocycles. The molecule has 2 amide bonds. The summed E-state index contributed by atoms with van der Waals surface area (Å²) in [4.78, 5) is 11.9. The van der Waals surface area contributed by atoms with Crippen molar-refractivity contribution in [1.29, 1.82) is 0 Å². The van der Waals surface area contributed by atoms with Crippen molar-refractivity contribution in [2.24, 2.45) is 0 Å². The van der Waals surface area contributed by atoms with E-state index in [0.717, 1.165) is 36.9 Å². The Kier molecular flexibility index (Phi) is 4.64. The van der Waals surface area contributed by atoms with E-state index in [2.05, 4.69) is 10.6 Å². The van der Waals surface area contributed by atoms with E-state index in [1.165, 1.54) is 6.42 Å². The summed E-state index contributed by atoms with van der Waals surface area (Å²) in [6.07, 6.45) is 5.47. The van der Waals surface area contributed by atoms with E-state index in [0.29, 0.717) is 13.2 Å². The van der Waals surface area contributed by atoms with Crippen molar-refractivity contribution < 1.29 is 14.3 Å². The van der Waals surface area contributed by atoms with Gasteiger partial charge >= 0.3 is 6.03 Å². The summed E-state index contributed by atoms with van der Waals surface area (Å²) in [6, 6.07) is 7.52. The van der Waals surface area contributed by atoms with E-state index in [4.69, 9.17) is 9.47 Å². The molecular formula is C17H24N2O3. The molecule has 3 rings (SSSR count). The van der Waals surface area contributed by atoms with Crippen LogP contribution in [-0.2, 0) is 9.47 Å². The van der Waals surface area contributed by atoms with Crippen LogP contribution in [0.1, 0.15) is 37.7 Å². The first-order chi connectivity index (χ1) is 10.7. The largest absolute Gasteiger partial charge is 0.347 e. The van der Waals surface area contributed by atoms with Gasteiger partial charge in [-0.2, -0.15) is 0 Å². The van der Waals surface area contributed by atoms with Crippen LogP contribution in [-0.4, -0.2) is 31.1 Å².